The zero-order valence-electron chi connectivity index (χ0n) is 46.3. The lowest BCUT2D eigenvalue weighted by molar-refractivity contribution is 0.265. The Balaban J connectivity index is 0.000000111. The van der Waals surface area contributed by atoms with E-state index in [4.69, 9.17) is 74.8 Å². The number of phenols is 1. The van der Waals surface area contributed by atoms with Gasteiger partial charge in [-0.1, -0.05) is 68.2 Å². The van der Waals surface area contributed by atoms with Gasteiger partial charge in [0.05, 0.1) is 44.1 Å². The van der Waals surface area contributed by atoms with Gasteiger partial charge in [0.1, 0.15) is 46.7 Å². The number of benzene rings is 5. The minimum Gasteiger partial charge on any atom is -0.507 e. The second-order valence-corrected chi connectivity index (χ2v) is 18.3. The molecule has 0 aliphatic carbocycles. The maximum absolute atomic E-state index is 9.61. The lowest BCUT2D eigenvalue weighted by atomic mass is 10.2. The number of furan rings is 5. The number of fused-ring (bicyclic) bond motifs is 5. The molecule has 14 aromatic rings. The quantitative estimate of drug-likeness (QED) is 0.0356. The molecular weight excluding hydrogens is 1100 g/mol. The van der Waals surface area contributed by atoms with E-state index in [2.05, 4.69) is 45.7 Å². The van der Waals surface area contributed by atoms with Crippen molar-refractivity contribution in [3.63, 3.8) is 0 Å². The number of nitrogens with two attached hydrogens (primary N) is 1. The molecule has 1 aliphatic rings. The van der Waals surface area contributed by atoms with E-state index in [1.807, 2.05) is 84.9 Å². The zero-order chi connectivity index (χ0) is 59.1. The Kier molecular flexibility index (Phi) is 15.9. The smallest absolute Gasteiger partial charge is 0.238 e. The lowest BCUT2D eigenvalue weighted by Crippen LogP contribution is -2.11. The van der Waals surface area contributed by atoms with Crippen LogP contribution < -0.4 is 24.7 Å². The number of aryl methyl sites for hydroxylation is 4. The molecule has 1 aliphatic heterocycles. The highest BCUT2D eigenvalue weighted by Gasteiger charge is 2.24. The third kappa shape index (κ3) is 12.4. The molecule has 4 N–H and O–H groups in total. The number of oxime groups is 1. The first kappa shape index (κ1) is 55.5. The average Bonchev–Trinajstić information content (AvgIpc) is 3.60. The summed E-state index contributed by atoms with van der Waals surface area (Å²) in [5, 5.41) is 40.4. The van der Waals surface area contributed by atoms with Gasteiger partial charge in [0.2, 0.25) is 52.7 Å². The molecule has 10 heterocycles. The Bertz CT molecular complexity index is 4490. The summed E-state index contributed by atoms with van der Waals surface area (Å²) in [6.45, 7) is 8.25. The fourth-order valence-corrected chi connectivity index (χ4v) is 8.37. The molecule has 5 aromatic carbocycles. The van der Waals surface area contributed by atoms with E-state index in [0.717, 1.165) is 50.8 Å². The van der Waals surface area contributed by atoms with E-state index in [0.29, 0.717) is 116 Å². The zero-order valence-corrected chi connectivity index (χ0v) is 46.3. The van der Waals surface area contributed by atoms with Crippen molar-refractivity contribution in [2.45, 2.75) is 33.8 Å². The van der Waals surface area contributed by atoms with Gasteiger partial charge in [-0.3, -0.25) is 0 Å². The van der Waals surface area contributed by atoms with Crippen LogP contribution in [0, 0.1) is 27.7 Å². The molecule has 432 valence electrons. The molecule has 0 amide bonds. The van der Waals surface area contributed by atoms with Crippen molar-refractivity contribution < 1.29 is 74.2 Å². The number of epoxide rings is 1. The number of hydrogen-bond acceptors (Lipinski definition) is 25. The monoisotopic (exact) mass is 1150 g/mol. The van der Waals surface area contributed by atoms with Gasteiger partial charge in [-0.05, 0) is 78.9 Å². The minimum absolute atomic E-state index is 0.0618. The van der Waals surface area contributed by atoms with Crippen LogP contribution in [0.15, 0.2) is 167 Å². The van der Waals surface area contributed by atoms with Gasteiger partial charge in [0, 0.05) is 38.5 Å². The maximum Gasteiger partial charge on any atom is 0.238 e. The molecule has 1 fully saturated rings. The van der Waals surface area contributed by atoms with Crippen LogP contribution in [-0.2, 0) is 4.74 Å². The van der Waals surface area contributed by atoms with Crippen molar-refractivity contribution in [3.8, 4) is 75.1 Å². The van der Waals surface area contributed by atoms with Crippen LogP contribution in [-0.4, -0.2) is 97.4 Å². The maximum atomic E-state index is 9.61. The van der Waals surface area contributed by atoms with E-state index in [1.165, 1.54) is 0 Å². The van der Waals surface area contributed by atoms with Gasteiger partial charge in [-0.15, -0.1) is 0 Å². The Hall–Kier alpha value is -11.4. The first-order valence-corrected chi connectivity index (χ1v) is 25.7. The SMILES string of the molecule is COc1cccc2cc(-c3noc(C)n3)oc12.COc1cccc2cc(/C(N)=N/O)oc12.COc1cccc2oc(-c3noc(C)n3)cc12.Cc1nc(-c2cc3c(O)cccc3o2)no1.Cc1nc(-c2cc3c(OC[C@@H]4CO4)cccc3o2)no1. The molecule has 0 bridgehead atoms. The molecule has 0 radical (unpaired) electrons. The Morgan fingerprint density at radius 1 is 0.506 bits per heavy atom. The summed E-state index contributed by atoms with van der Waals surface area (Å²) < 4.78 is 74.1. The fraction of sp³-hybridized carbons (Fsp3) is 0.169. The fourth-order valence-electron chi connectivity index (χ4n) is 8.37. The third-order valence-electron chi connectivity index (χ3n) is 12.4. The van der Waals surface area contributed by atoms with Gasteiger partial charge in [-0.25, -0.2) is 0 Å². The molecule has 9 aromatic heterocycles. The molecule has 1 saturated heterocycles. The van der Waals surface area contributed by atoms with Crippen molar-refractivity contribution in [3.05, 3.63) is 151 Å². The summed E-state index contributed by atoms with van der Waals surface area (Å²) in [7, 11) is 4.79. The number of methoxy groups -OCH3 is 3. The number of phenolic OH excluding ortho intramolecular Hbond substituents is 1. The summed E-state index contributed by atoms with van der Waals surface area (Å²) in [6.07, 6.45) is 0.219. The lowest BCUT2D eigenvalue weighted by Gasteiger charge is -2.04. The van der Waals surface area contributed by atoms with Crippen LogP contribution in [0.3, 0.4) is 0 Å². The number of aromatic hydroxyl groups is 1. The molecule has 1 atom stereocenters. The van der Waals surface area contributed by atoms with Crippen LogP contribution in [0.1, 0.15) is 29.3 Å². The molecule has 15 rings (SSSR count). The van der Waals surface area contributed by atoms with E-state index >= 15 is 0 Å². The molecule has 0 unspecified atom stereocenters. The number of para-hydroxylation sites is 2. The van der Waals surface area contributed by atoms with Crippen LogP contribution in [0.2, 0.25) is 0 Å². The van der Waals surface area contributed by atoms with Crippen molar-refractivity contribution >= 4 is 60.7 Å². The topological polar surface area (TPSA) is 350 Å². The second-order valence-electron chi connectivity index (χ2n) is 18.3. The second kappa shape index (κ2) is 24.4. The van der Waals surface area contributed by atoms with E-state index in [1.54, 1.807) is 85.4 Å². The number of hydrogen-bond donors (Lipinski definition) is 3. The number of amidine groups is 1. The van der Waals surface area contributed by atoms with Gasteiger partial charge >= 0.3 is 0 Å². The molecule has 26 heteroatoms. The van der Waals surface area contributed by atoms with Crippen LogP contribution in [0.4, 0.5) is 0 Å². The number of ether oxygens (including phenoxy) is 5. The highest BCUT2D eigenvalue weighted by molar-refractivity contribution is 5.99. The summed E-state index contributed by atoms with van der Waals surface area (Å²) in [5.41, 5.74) is 8.75. The van der Waals surface area contributed by atoms with Crippen molar-refractivity contribution in [1.82, 2.24) is 40.6 Å². The van der Waals surface area contributed by atoms with E-state index < -0.39 is 0 Å². The average molecular weight is 1160 g/mol. The molecule has 26 nitrogen and oxygen atoms in total. The predicted octanol–water partition coefficient (Wildman–Crippen LogP) is 12.2. The van der Waals surface area contributed by atoms with Gasteiger partial charge < -0.3 is 79.9 Å². The predicted molar refractivity (Wildman–Crippen MR) is 302 cm³/mol. The Morgan fingerprint density at radius 3 is 1.35 bits per heavy atom. The summed E-state index contributed by atoms with van der Waals surface area (Å²) in [6, 6.07) is 36.5. The number of nitrogens with zero attached hydrogens (tertiary/aromatic N) is 9. The summed E-state index contributed by atoms with van der Waals surface area (Å²) in [4.78, 5) is 16.4. The number of rotatable bonds is 11. The van der Waals surface area contributed by atoms with E-state index in [9.17, 15) is 5.11 Å². The molecular formula is C59H50N10O16. The third-order valence-corrected chi connectivity index (χ3v) is 12.4. The summed E-state index contributed by atoms with van der Waals surface area (Å²) >= 11 is 0. The standard InChI is InChI=1S/C14H12N2O4.2C12H10N2O3.C11H8N2O3.C10H10N2O3/c1-8-15-14(16-20-8)13-5-10-11(18-7-9-6-17-9)3-2-4-12(10)19-13;1-7-13-12(14-17-7)11-6-8-9(15-2)4-3-5-10(8)16-11;1-7-13-12(14-17-7)10-6-8-4-3-5-9(15-2)11(8)16-10;1-6-12-11(13-16-6)10-5-7-8(14)3-2-4-9(7)15-10;1-14-7-4-2-3-6-5-8(10(11)12-13)15-9(6)7/h2-5,9H,6-7H2,1H3;2*3-6H,1-2H3;2-5,14H,1H3;2-5,13H,1H3,(H2,11,12)/t9-;;;;/m0..../s1. The highest BCUT2D eigenvalue weighted by atomic mass is 16.6. The van der Waals surface area contributed by atoms with Crippen molar-refractivity contribution in [2.75, 3.05) is 34.5 Å². The summed E-state index contributed by atoms with van der Waals surface area (Å²) in [5.74, 6) is 9.15. The first-order valence-electron chi connectivity index (χ1n) is 25.7. The number of aromatic nitrogens is 8. The van der Waals surface area contributed by atoms with Crippen LogP contribution in [0.25, 0.3) is 101 Å². The molecule has 0 spiro atoms. The largest absolute Gasteiger partial charge is 0.507 e. The van der Waals surface area contributed by atoms with Crippen LogP contribution >= 0.6 is 0 Å². The molecule has 85 heavy (non-hydrogen) atoms. The van der Waals surface area contributed by atoms with E-state index in [-0.39, 0.29) is 17.7 Å². The first-order chi connectivity index (χ1) is 41.3. The highest BCUT2D eigenvalue weighted by Crippen LogP contribution is 2.36. The normalized spacial score (nSPS) is 12.7. The molecule has 0 saturated carbocycles. The van der Waals surface area contributed by atoms with Gasteiger partial charge in [-0.2, -0.15) is 19.9 Å². The Labute approximate surface area is 478 Å². The van der Waals surface area contributed by atoms with Crippen molar-refractivity contribution in [2.24, 2.45) is 10.9 Å². The van der Waals surface area contributed by atoms with Gasteiger partial charge in [0.25, 0.3) is 0 Å². The Morgan fingerprint density at radius 2 is 0.906 bits per heavy atom. The van der Waals surface area contributed by atoms with Crippen LogP contribution in [0.5, 0.6) is 28.7 Å². The minimum atomic E-state index is -0.0618. The van der Waals surface area contributed by atoms with Gasteiger partial charge in [0.15, 0.2) is 51.5 Å². The van der Waals surface area contributed by atoms with Crippen molar-refractivity contribution in [1.29, 1.82) is 0 Å².